The molecule has 0 aromatic heterocycles. The second-order valence-corrected chi connectivity index (χ2v) is 5.72. The van der Waals surface area contributed by atoms with Crippen LogP contribution in [0.1, 0.15) is 49.5 Å². The molecular formula is C16H25N3O2. The van der Waals surface area contributed by atoms with Crippen LogP contribution in [0.4, 0.5) is 5.69 Å². The smallest absolute Gasteiger partial charge is 0.251 e. The third-order valence-corrected chi connectivity index (χ3v) is 3.00. The van der Waals surface area contributed by atoms with Crippen molar-refractivity contribution in [2.75, 3.05) is 5.32 Å². The van der Waals surface area contributed by atoms with E-state index in [1.54, 1.807) is 18.2 Å². The molecule has 1 atom stereocenters. The largest absolute Gasteiger partial charge is 0.350 e. The topological polar surface area (TPSA) is 84.2 Å². The van der Waals surface area contributed by atoms with Crippen molar-refractivity contribution in [3.05, 3.63) is 29.3 Å². The highest BCUT2D eigenvalue weighted by Crippen LogP contribution is 2.16. The maximum absolute atomic E-state index is 12.0. The Hall–Kier alpha value is -1.88. The molecule has 0 saturated heterocycles. The maximum atomic E-state index is 12.0. The Bertz CT molecular complexity index is 510. The first-order valence-electron chi connectivity index (χ1n) is 7.26. The summed E-state index contributed by atoms with van der Waals surface area (Å²) in [5.74, 6) is -0.164. The zero-order valence-electron chi connectivity index (χ0n) is 13.2. The van der Waals surface area contributed by atoms with Gasteiger partial charge in [-0.05, 0) is 57.9 Å². The van der Waals surface area contributed by atoms with Crippen molar-refractivity contribution in [2.24, 2.45) is 5.73 Å². The highest BCUT2D eigenvalue weighted by molar-refractivity contribution is 5.97. The van der Waals surface area contributed by atoms with Gasteiger partial charge in [0.15, 0.2) is 0 Å². The van der Waals surface area contributed by atoms with Gasteiger partial charge in [0.2, 0.25) is 5.91 Å². The van der Waals surface area contributed by atoms with Crippen LogP contribution in [0, 0.1) is 6.92 Å². The number of nitrogens with one attached hydrogen (secondary N) is 2. The molecule has 1 aromatic rings. The molecule has 0 fully saturated rings. The number of amides is 2. The summed E-state index contributed by atoms with van der Waals surface area (Å²) < 4.78 is 0. The fraction of sp³-hybridized carbons (Fsp3) is 0.500. The molecule has 0 radical (unpaired) electrons. The summed E-state index contributed by atoms with van der Waals surface area (Å²) in [5, 5.41) is 5.67. The molecule has 0 spiro atoms. The van der Waals surface area contributed by atoms with Crippen molar-refractivity contribution < 1.29 is 9.59 Å². The molecule has 1 unspecified atom stereocenters. The van der Waals surface area contributed by atoms with Crippen molar-refractivity contribution in [1.29, 1.82) is 0 Å². The number of hydrogen-bond donors (Lipinski definition) is 3. The SMILES string of the molecule is Cc1cc(NC(=O)CCC(C)N)ccc1C(=O)NC(C)C. The van der Waals surface area contributed by atoms with E-state index in [4.69, 9.17) is 5.73 Å². The lowest BCUT2D eigenvalue weighted by molar-refractivity contribution is -0.116. The molecule has 2 amide bonds. The van der Waals surface area contributed by atoms with Crippen LogP contribution in [0.2, 0.25) is 0 Å². The second-order valence-electron chi connectivity index (χ2n) is 5.72. The van der Waals surface area contributed by atoms with Crippen LogP contribution in [-0.2, 0) is 4.79 Å². The molecule has 1 aromatic carbocycles. The third-order valence-electron chi connectivity index (χ3n) is 3.00. The van der Waals surface area contributed by atoms with Gasteiger partial charge in [-0.1, -0.05) is 0 Å². The van der Waals surface area contributed by atoms with Gasteiger partial charge in [0.1, 0.15) is 0 Å². The predicted molar refractivity (Wildman–Crippen MR) is 85.3 cm³/mol. The Kier molecular flexibility index (Phi) is 6.37. The monoisotopic (exact) mass is 291 g/mol. The molecule has 0 saturated carbocycles. The Morgan fingerprint density at radius 2 is 1.90 bits per heavy atom. The summed E-state index contributed by atoms with van der Waals surface area (Å²) in [6.45, 7) is 7.56. The molecule has 21 heavy (non-hydrogen) atoms. The van der Waals surface area contributed by atoms with Gasteiger partial charge in [-0.25, -0.2) is 0 Å². The van der Waals surface area contributed by atoms with Gasteiger partial charge in [-0.2, -0.15) is 0 Å². The summed E-state index contributed by atoms with van der Waals surface area (Å²) in [7, 11) is 0. The lowest BCUT2D eigenvalue weighted by Gasteiger charge is -2.12. The van der Waals surface area contributed by atoms with Gasteiger partial charge in [-0.15, -0.1) is 0 Å². The number of hydrogen-bond acceptors (Lipinski definition) is 3. The van der Waals surface area contributed by atoms with E-state index >= 15 is 0 Å². The standard InChI is InChI=1S/C16H25N3O2/c1-10(2)18-16(21)14-7-6-13(9-11(14)3)19-15(20)8-5-12(4)17/h6-7,9-10,12H,5,8,17H2,1-4H3,(H,18,21)(H,19,20). The van der Waals surface area contributed by atoms with Crippen molar-refractivity contribution in [3.63, 3.8) is 0 Å². The van der Waals surface area contributed by atoms with Gasteiger partial charge in [0, 0.05) is 29.8 Å². The first-order chi connectivity index (χ1) is 9.79. The van der Waals surface area contributed by atoms with E-state index in [-0.39, 0.29) is 23.9 Å². The van der Waals surface area contributed by atoms with Gasteiger partial charge in [-0.3, -0.25) is 9.59 Å². The van der Waals surface area contributed by atoms with E-state index in [1.165, 1.54) is 0 Å². The summed E-state index contributed by atoms with van der Waals surface area (Å²) in [6.07, 6.45) is 1.05. The van der Waals surface area contributed by atoms with Crippen LogP contribution < -0.4 is 16.4 Å². The molecule has 0 heterocycles. The van der Waals surface area contributed by atoms with Crippen LogP contribution in [-0.4, -0.2) is 23.9 Å². The molecular weight excluding hydrogens is 266 g/mol. The Morgan fingerprint density at radius 1 is 1.24 bits per heavy atom. The normalized spacial score (nSPS) is 12.1. The highest BCUT2D eigenvalue weighted by atomic mass is 16.2. The van der Waals surface area contributed by atoms with Gasteiger partial charge >= 0.3 is 0 Å². The minimum absolute atomic E-state index is 0.0135. The summed E-state index contributed by atoms with van der Waals surface area (Å²) in [4.78, 5) is 23.7. The molecule has 0 bridgehead atoms. The average molecular weight is 291 g/mol. The van der Waals surface area contributed by atoms with E-state index in [9.17, 15) is 9.59 Å². The van der Waals surface area contributed by atoms with Crippen LogP contribution in [0.5, 0.6) is 0 Å². The average Bonchev–Trinajstić information content (AvgIpc) is 2.35. The number of benzene rings is 1. The Morgan fingerprint density at radius 3 is 2.43 bits per heavy atom. The van der Waals surface area contributed by atoms with Crippen molar-refractivity contribution >= 4 is 17.5 Å². The fourth-order valence-electron chi connectivity index (χ4n) is 1.92. The number of aryl methyl sites for hydroxylation is 1. The van der Waals surface area contributed by atoms with Crippen LogP contribution in [0.15, 0.2) is 18.2 Å². The number of anilines is 1. The molecule has 5 nitrogen and oxygen atoms in total. The number of rotatable bonds is 6. The van der Waals surface area contributed by atoms with Crippen LogP contribution in [0.25, 0.3) is 0 Å². The van der Waals surface area contributed by atoms with E-state index in [0.717, 1.165) is 5.56 Å². The summed E-state index contributed by atoms with van der Waals surface area (Å²) in [6, 6.07) is 5.38. The van der Waals surface area contributed by atoms with Gasteiger partial charge in [0.05, 0.1) is 0 Å². The Labute approximate surface area is 126 Å². The van der Waals surface area contributed by atoms with E-state index in [0.29, 0.717) is 24.1 Å². The zero-order chi connectivity index (χ0) is 16.0. The van der Waals surface area contributed by atoms with Gasteiger partial charge < -0.3 is 16.4 Å². The first-order valence-corrected chi connectivity index (χ1v) is 7.26. The number of carbonyl (C=O) groups excluding carboxylic acids is 2. The number of nitrogens with two attached hydrogens (primary N) is 1. The zero-order valence-corrected chi connectivity index (χ0v) is 13.2. The molecule has 4 N–H and O–H groups in total. The molecule has 0 aliphatic heterocycles. The lowest BCUT2D eigenvalue weighted by atomic mass is 10.1. The predicted octanol–water partition coefficient (Wildman–Crippen LogP) is 2.20. The first kappa shape index (κ1) is 17.2. The molecule has 5 heteroatoms. The molecule has 0 aliphatic carbocycles. The van der Waals surface area contributed by atoms with Crippen LogP contribution >= 0.6 is 0 Å². The maximum Gasteiger partial charge on any atom is 0.251 e. The molecule has 1 rings (SSSR count). The second kappa shape index (κ2) is 7.78. The van der Waals surface area contributed by atoms with Crippen LogP contribution in [0.3, 0.4) is 0 Å². The van der Waals surface area contributed by atoms with Gasteiger partial charge in [0.25, 0.3) is 5.91 Å². The van der Waals surface area contributed by atoms with E-state index in [2.05, 4.69) is 10.6 Å². The van der Waals surface area contributed by atoms with E-state index in [1.807, 2.05) is 27.7 Å². The van der Waals surface area contributed by atoms with Crippen molar-refractivity contribution in [2.45, 2.75) is 52.6 Å². The number of carbonyl (C=O) groups is 2. The van der Waals surface area contributed by atoms with Crippen molar-refractivity contribution in [1.82, 2.24) is 5.32 Å². The minimum Gasteiger partial charge on any atom is -0.350 e. The molecule has 0 aliphatic rings. The highest BCUT2D eigenvalue weighted by Gasteiger charge is 2.11. The molecule has 116 valence electrons. The lowest BCUT2D eigenvalue weighted by Crippen LogP contribution is -2.30. The van der Waals surface area contributed by atoms with E-state index < -0.39 is 0 Å². The fourth-order valence-corrected chi connectivity index (χ4v) is 1.92. The minimum atomic E-state index is -0.0997. The summed E-state index contributed by atoms with van der Waals surface area (Å²) in [5.41, 5.74) is 7.78. The third kappa shape index (κ3) is 5.95. The summed E-state index contributed by atoms with van der Waals surface area (Å²) >= 11 is 0. The van der Waals surface area contributed by atoms with Crippen molar-refractivity contribution in [3.8, 4) is 0 Å². The quantitative estimate of drug-likeness (QED) is 0.751. The Balaban J connectivity index is 2.69.